The summed E-state index contributed by atoms with van der Waals surface area (Å²) in [6.07, 6.45) is 1.60. The number of hydrogen-bond donors (Lipinski definition) is 0. The molecule has 1 aliphatic rings. The fourth-order valence-electron chi connectivity index (χ4n) is 1.81. The molecule has 1 atom stereocenters. The number of ether oxygens (including phenoxy) is 2. The molecule has 1 heterocycles. The Balaban J connectivity index is 2.90. The highest BCUT2D eigenvalue weighted by Gasteiger charge is 2.45. The molecule has 7 heteroatoms. The predicted octanol–water partition coefficient (Wildman–Crippen LogP) is 2.15. The van der Waals surface area contributed by atoms with Crippen molar-refractivity contribution < 1.29 is 19.2 Å². The van der Waals surface area contributed by atoms with Gasteiger partial charge < -0.3 is 9.47 Å². The first-order valence-corrected chi connectivity index (χ1v) is 6.01. The highest BCUT2D eigenvalue weighted by Crippen LogP contribution is 2.29. The SMILES string of the molecule is CC(C)(C)OC(=O)N1[C@@H](/C=C/[N+](=O)[O-])COC1(C)C. The largest absolute Gasteiger partial charge is 0.444 e. The van der Waals surface area contributed by atoms with Crippen LogP contribution in [0.2, 0.25) is 0 Å². The standard InChI is InChI=1S/C12H20N2O5/c1-11(2,3)19-10(15)14-9(6-7-13(16)17)8-18-12(14,4)5/h6-7,9H,8H2,1-5H3/b7-6+/t9-/m0/s1. The molecule has 0 bridgehead atoms. The zero-order chi connectivity index (χ0) is 14.8. The van der Waals surface area contributed by atoms with Gasteiger partial charge in [0.1, 0.15) is 11.3 Å². The first-order valence-electron chi connectivity index (χ1n) is 6.01. The molecule has 19 heavy (non-hydrogen) atoms. The van der Waals surface area contributed by atoms with Crippen LogP contribution in [-0.4, -0.2) is 39.9 Å². The third-order valence-electron chi connectivity index (χ3n) is 2.54. The highest BCUT2D eigenvalue weighted by atomic mass is 16.6. The monoisotopic (exact) mass is 272 g/mol. The Hall–Kier alpha value is -1.63. The molecule has 108 valence electrons. The van der Waals surface area contributed by atoms with E-state index in [2.05, 4.69) is 0 Å². The summed E-state index contributed by atoms with van der Waals surface area (Å²) in [5, 5.41) is 10.4. The fourth-order valence-corrected chi connectivity index (χ4v) is 1.81. The van der Waals surface area contributed by atoms with E-state index in [-0.39, 0.29) is 6.61 Å². The lowest BCUT2D eigenvalue weighted by atomic mass is 10.2. The second kappa shape index (κ2) is 5.16. The molecule has 0 spiro atoms. The Kier molecular flexibility index (Phi) is 4.19. The van der Waals surface area contributed by atoms with E-state index >= 15 is 0 Å². The van der Waals surface area contributed by atoms with Gasteiger partial charge in [0, 0.05) is 6.08 Å². The Morgan fingerprint density at radius 3 is 2.58 bits per heavy atom. The number of nitro groups is 1. The molecular weight excluding hydrogens is 252 g/mol. The van der Waals surface area contributed by atoms with E-state index in [1.54, 1.807) is 34.6 Å². The average Bonchev–Trinajstić information content (AvgIpc) is 2.47. The summed E-state index contributed by atoms with van der Waals surface area (Å²) < 4.78 is 10.8. The number of amides is 1. The van der Waals surface area contributed by atoms with Gasteiger partial charge in [-0.3, -0.25) is 15.0 Å². The Bertz CT molecular complexity index is 397. The molecule has 0 aromatic heterocycles. The minimum Gasteiger partial charge on any atom is -0.444 e. The zero-order valence-electron chi connectivity index (χ0n) is 11.9. The maximum atomic E-state index is 12.2. The van der Waals surface area contributed by atoms with Crippen molar-refractivity contribution in [3.8, 4) is 0 Å². The maximum Gasteiger partial charge on any atom is 0.413 e. The van der Waals surface area contributed by atoms with Crippen molar-refractivity contribution in [3.05, 3.63) is 22.4 Å². The van der Waals surface area contributed by atoms with Gasteiger partial charge in [0.2, 0.25) is 6.20 Å². The fraction of sp³-hybridized carbons (Fsp3) is 0.750. The third-order valence-corrected chi connectivity index (χ3v) is 2.54. The zero-order valence-corrected chi connectivity index (χ0v) is 11.9. The lowest BCUT2D eigenvalue weighted by Gasteiger charge is -2.34. The van der Waals surface area contributed by atoms with Gasteiger partial charge in [-0.05, 0) is 34.6 Å². The van der Waals surface area contributed by atoms with Crippen LogP contribution in [0, 0.1) is 10.1 Å². The van der Waals surface area contributed by atoms with E-state index in [1.165, 1.54) is 11.0 Å². The first-order chi connectivity index (χ1) is 8.53. The van der Waals surface area contributed by atoms with Crippen molar-refractivity contribution >= 4 is 6.09 Å². The van der Waals surface area contributed by atoms with Crippen molar-refractivity contribution in [2.24, 2.45) is 0 Å². The summed E-state index contributed by atoms with van der Waals surface area (Å²) in [6, 6.07) is -0.504. The molecule has 1 fully saturated rings. The van der Waals surface area contributed by atoms with Crippen LogP contribution in [0.4, 0.5) is 4.79 Å². The van der Waals surface area contributed by atoms with E-state index in [4.69, 9.17) is 9.47 Å². The summed E-state index contributed by atoms with van der Waals surface area (Å²) in [4.78, 5) is 23.3. The molecular formula is C12H20N2O5. The smallest absolute Gasteiger partial charge is 0.413 e. The van der Waals surface area contributed by atoms with Crippen LogP contribution < -0.4 is 0 Å². The molecule has 0 aromatic rings. The number of nitrogens with zero attached hydrogens (tertiary/aromatic N) is 2. The van der Waals surface area contributed by atoms with Gasteiger partial charge in [-0.25, -0.2) is 4.79 Å². The second-order valence-corrected chi connectivity index (χ2v) is 5.80. The van der Waals surface area contributed by atoms with Crippen LogP contribution in [0.3, 0.4) is 0 Å². The molecule has 1 saturated heterocycles. The van der Waals surface area contributed by atoms with Gasteiger partial charge >= 0.3 is 6.09 Å². The normalized spacial score (nSPS) is 22.8. The first kappa shape index (κ1) is 15.4. The van der Waals surface area contributed by atoms with Crippen molar-refractivity contribution in [2.45, 2.75) is 52.0 Å². The van der Waals surface area contributed by atoms with Gasteiger partial charge in [0.05, 0.1) is 17.6 Å². The van der Waals surface area contributed by atoms with Gasteiger partial charge in [-0.2, -0.15) is 0 Å². The van der Waals surface area contributed by atoms with Gasteiger partial charge in [-0.1, -0.05) is 0 Å². The summed E-state index contributed by atoms with van der Waals surface area (Å²) in [6.45, 7) is 8.93. The molecule has 1 amide bonds. The van der Waals surface area contributed by atoms with E-state index in [0.717, 1.165) is 6.20 Å². The minimum atomic E-state index is -0.853. The van der Waals surface area contributed by atoms with Crippen molar-refractivity contribution in [3.63, 3.8) is 0 Å². The van der Waals surface area contributed by atoms with Crippen LogP contribution in [0.1, 0.15) is 34.6 Å². The molecule has 0 aliphatic carbocycles. The molecule has 1 aliphatic heterocycles. The topological polar surface area (TPSA) is 81.9 Å². The third kappa shape index (κ3) is 4.20. The minimum absolute atomic E-state index is 0.205. The molecule has 1 rings (SSSR count). The van der Waals surface area contributed by atoms with Gasteiger partial charge in [0.25, 0.3) is 0 Å². The van der Waals surface area contributed by atoms with Crippen LogP contribution in [0.15, 0.2) is 12.3 Å². The van der Waals surface area contributed by atoms with E-state index in [0.29, 0.717) is 0 Å². The summed E-state index contributed by atoms with van der Waals surface area (Å²) in [7, 11) is 0. The van der Waals surface area contributed by atoms with Crippen LogP contribution >= 0.6 is 0 Å². The maximum absolute atomic E-state index is 12.2. The number of hydrogen-bond acceptors (Lipinski definition) is 5. The molecule has 7 nitrogen and oxygen atoms in total. The Morgan fingerprint density at radius 1 is 1.53 bits per heavy atom. The van der Waals surface area contributed by atoms with Crippen LogP contribution in [0.25, 0.3) is 0 Å². The van der Waals surface area contributed by atoms with Crippen molar-refractivity contribution in [1.82, 2.24) is 4.90 Å². The predicted molar refractivity (Wildman–Crippen MR) is 68.0 cm³/mol. The van der Waals surface area contributed by atoms with Crippen LogP contribution in [-0.2, 0) is 9.47 Å². The van der Waals surface area contributed by atoms with Crippen LogP contribution in [0.5, 0.6) is 0 Å². The average molecular weight is 272 g/mol. The molecule has 0 N–H and O–H groups in total. The lowest BCUT2D eigenvalue weighted by Crippen LogP contribution is -2.49. The number of carbonyl (C=O) groups is 1. The van der Waals surface area contributed by atoms with Gasteiger partial charge in [-0.15, -0.1) is 0 Å². The summed E-state index contributed by atoms with van der Waals surface area (Å²) in [5.41, 5.74) is -1.49. The van der Waals surface area contributed by atoms with E-state index in [1.807, 2.05) is 0 Å². The second-order valence-electron chi connectivity index (χ2n) is 5.80. The van der Waals surface area contributed by atoms with E-state index in [9.17, 15) is 14.9 Å². The van der Waals surface area contributed by atoms with Gasteiger partial charge in [0.15, 0.2) is 0 Å². The number of rotatable bonds is 2. The highest BCUT2D eigenvalue weighted by molar-refractivity contribution is 5.70. The van der Waals surface area contributed by atoms with Crippen molar-refractivity contribution in [1.29, 1.82) is 0 Å². The van der Waals surface area contributed by atoms with E-state index < -0.39 is 28.4 Å². The van der Waals surface area contributed by atoms with Crippen molar-refractivity contribution in [2.75, 3.05) is 6.61 Å². The quantitative estimate of drug-likeness (QED) is 0.568. The Morgan fingerprint density at radius 2 is 2.11 bits per heavy atom. The molecule has 0 radical (unpaired) electrons. The molecule has 0 unspecified atom stereocenters. The Labute approximate surface area is 112 Å². The molecule has 0 aromatic carbocycles. The molecule has 0 saturated carbocycles. The summed E-state index contributed by atoms with van der Waals surface area (Å²) >= 11 is 0. The lowest BCUT2D eigenvalue weighted by molar-refractivity contribution is -0.402. The number of carbonyl (C=O) groups excluding carboxylic acids is 1. The summed E-state index contributed by atoms with van der Waals surface area (Å²) in [5.74, 6) is 0.